The van der Waals surface area contributed by atoms with Crippen LogP contribution in [0.15, 0.2) is 0 Å². The van der Waals surface area contributed by atoms with Gasteiger partial charge >= 0.3 is 0 Å². The van der Waals surface area contributed by atoms with E-state index in [1.165, 1.54) is 13.8 Å². The topological polar surface area (TPSA) is 574 Å². The van der Waals surface area contributed by atoms with Gasteiger partial charge in [0.1, 0.15) is 159 Å². The molecule has 0 unspecified atom stereocenters. The predicted octanol–water partition coefficient (Wildman–Crippen LogP) is -14.3. The van der Waals surface area contributed by atoms with Crippen molar-refractivity contribution in [2.45, 2.75) is 236 Å². The Morgan fingerprint density at radius 3 is 1.15 bits per heavy atom. The lowest BCUT2D eigenvalue weighted by atomic mass is 9.93. The second-order valence-corrected chi connectivity index (χ2v) is 20.8. The van der Waals surface area contributed by atoms with Gasteiger partial charge in [0.15, 0.2) is 37.7 Å². The van der Waals surface area contributed by atoms with Crippen molar-refractivity contribution in [3.8, 4) is 0 Å². The summed E-state index contributed by atoms with van der Waals surface area (Å²) in [6.07, 6.45) is -62.7. The number of amides is 2. The van der Waals surface area contributed by atoms with Gasteiger partial charge in [-0.2, -0.15) is 0 Å². The van der Waals surface area contributed by atoms with Gasteiger partial charge in [0.25, 0.3) is 0 Å². The molecule has 6 heterocycles. The monoisotopic (exact) mass is 1200 g/mol. The summed E-state index contributed by atoms with van der Waals surface area (Å²) in [5, 5.41) is 220. The van der Waals surface area contributed by atoms with E-state index in [4.69, 9.17) is 56.8 Å². The Labute approximate surface area is 466 Å². The zero-order chi connectivity index (χ0) is 60.9. The summed E-state index contributed by atoms with van der Waals surface area (Å²) >= 11 is 0. The summed E-state index contributed by atoms with van der Waals surface area (Å²) in [6.45, 7) is -2.12. The molecule has 6 saturated heterocycles. The number of aliphatic hydroxyl groups is 20. The Kier molecular flexibility index (Phi) is 25.2. The lowest BCUT2D eigenvalue weighted by Gasteiger charge is -2.52. The van der Waals surface area contributed by atoms with Gasteiger partial charge in [-0.05, 0) is 13.8 Å². The van der Waals surface area contributed by atoms with Crippen molar-refractivity contribution in [1.82, 2.24) is 10.6 Å². The first-order valence-corrected chi connectivity index (χ1v) is 26.3. The SMILES string of the molecule is CC(=O)N[C@H]1[C@H](O[C@H]2[C@@H](O)[C@@H](CO)O[C@@H](O[C@H]3[C@H](O[C@@H]4O[C@@H](C)[C@@H](O)[C@@H](O)[C@@H]4O)[C@@H](NC(C)=O)[C@H](O[C@@H]([C@H](O)[C@@H](O)CO)[C@H](O)CO)O[C@@H]3CO)[C@@H]2O)O[C@H](CO)[C@@H](O[C@@H]2O[C@H](CO)[C@H](O)[C@H](O)[C@H]2O)[C@@H]1O[C@@H]1O[C@@H](C)[C@@H](O)[C@@H](O)[C@@H]1O. The highest BCUT2D eigenvalue weighted by molar-refractivity contribution is 5.73. The number of carbonyl (C=O) groups is 2. The molecule has 0 saturated carbocycles. The van der Waals surface area contributed by atoms with Crippen LogP contribution in [0.2, 0.25) is 0 Å². The van der Waals surface area contributed by atoms with Crippen molar-refractivity contribution in [2.24, 2.45) is 0 Å². The van der Waals surface area contributed by atoms with Crippen LogP contribution < -0.4 is 10.6 Å². The van der Waals surface area contributed by atoms with Crippen LogP contribution in [0.5, 0.6) is 0 Å². The van der Waals surface area contributed by atoms with Crippen LogP contribution >= 0.6 is 0 Å². The maximum Gasteiger partial charge on any atom is 0.217 e. The zero-order valence-corrected chi connectivity index (χ0v) is 44.5. The van der Waals surface area contributed by atoms with Gasteiger partial charge in [-0.15, -0.1) is 0 Å². The Hall–Kier alpha value is -2.34. The number of aliphatic hydroxyl groups excluding tert-OH is 20. The Morgan fingerprint density at radius 1 is 0.390 bits per heavy atom. The largest absolute Gasteiger partial charge is 0.394 e. The van der Waals surface area contributed by atoms with Crippen LogP contribution in [-0.4, -0.2) is 362 Å². The molecule has 34 atom stereocenters. The standard InChI is InChI=1S/C46H80N2O34/c1-11-23(59)28(64)31(67)43(71-11)80-38-21(47-13(3)55)41(77-35(16(58)6-50)25(61)15(57)5-49)75-20(10-54)37(38)79-46-34(70)40(27(63)18(8-52)74-46)82-42-22(48-14(4)56)39(81-44-32(68)29(65)24(60)12(2)72-44)36(19(9-53)76-42)78-45-33(69)30(66)26(62)17(7-51)73-45/h11-12,15-46,49-54,57-70H,5-10H2,1-4H3,(H,47,55)(H,48,56)/t11-,12-,15-,16+,17+,18+,19+,20+,21+,22+,23+,24+,25+,26-,27-,28+,29+,30-,31-,32-,33+,34+,35+,36+,37+,38+,39+,40-,41-,42-,43-,44-,45-,46-/m0/s1. The van der Waals surface area contributed by atoms with Crippen LogP contribution in [-0.2, 0) is 66.4 Å². The Morgan fingerprint density at radius 2 is 0.732 bits per heavy atom. The van der Waals surface area contributed by atoms with Gasteiger partial charge in [0.05, 0.1) is 51.8 Å². The number of rotatable bonds is 23. The molecule has 22 N–H and O–H groups in total. The number of ether oxygens (including phenoxy) is 12. The molecule has 0 aliphatic carbocycles. The van der Waals surface area contributed by atoms with Gasteiger partial charge in [0.2, 0.25) is 11.8 Å². The van der Waals surface area contributed by atoms with E-state index < -0.39 is 260 Å². The van der Waals surface area contributed by atoms with Gasteiger partial charge < -0.3 is 170 Å². The molecule has 6 aliphatic rings. The maximum atomic E-state index is 13.1. The highest BCUT2D eigenvalue weighted by Crippen LogP contribution is 2.39. The highest BCUT2D eigenvalue weighted by atomic mass is 16.8. The molecule has 0 aromatic rings. The molecule has 0 aromatic heterocycles. The summed E-state index contributed by atoms with van der Waals surface area (Å²) in [5.74, 6) is -1.85. The third-order valence-corrected chi connectivity index (χ3v) is 14.9. The average molecular weight is 1210 g/mol. The summed E-state index contributed by atoms with van der Waals surface area (Å²) in [4.78, 5) is 26.1. The smallest absolute Gasteiger partial charge is 0.217 e. The van der Waals surface area contributed by atoms with Crippen molar-refractivity contribution in [2.75, 3.05) is 39.6 Å². The number of hydrogen-bond donors (Lipinski definition) is 22. The fourth-order valence-electron chi connectivity index (χ4n) is 10.3. The van der Waals surface area contributed by atoms with Crippen molar-refractivity contribution < 1.29 is 169 Å². The normalized spacial score (nSPS) is 47.2. The van der Waals surface area contributed by atoms with E-state index in [2.05, 4.69) is 10.6 Å². The molecule has 2 amide bonds. The van der Waals surface area contributed by atoms with Crippen LogP contribution in [0.1, 0.15) is 27.7 Å². The minimum Gasteiger partial charge on any atom is -0.394 e. The number of hydrogen-bond acceptors (Lipinski definition) is 34. The lowest BCUT2D eigenvalue weighted by molar-refractivity contribution is -0.395. The first-order valence-electron chi connectivity index (χ1n) is 26.3. The maximum absolute atomic E-state index is 13.1. The fourth-order valence-corrected chi connectivity index (χ4v) is 10.3. The van der Waals surface area contributed by atoms with E-state index in [0.717, 1.165) is 13.8 Å². The molecule has 82 heavy (non-hydrogen) atoms. The molecule has 6 rings (SSSR count). The third-order valence-electron chi connectivity index (χ3n) is 14.9. The second kappa shape index (κ2) is 30.0. The summed E-state index contributed by atoms with van der Waals surface area (Å²) in [5.41, 5.74) is 0. The molecule has 478 valence electrons. The second-order valence-electron chi connectivity index (χ2n) is 20.8. The third kappa shape index (κ3) is 15.1. The Balaban J connectivity index is 1.40. The van der Waals surface area contributed by atoms with Crippen molar-refractivity contribution in [3.63, 3.8) is 0 Å². The first kappa shape index (κ1) is 68.8. The molecule has 0 spiro atoms. The molecule has 6 aliphatic heterocycles. The highest BCUT2D eigenvalue weighted by Gasteiger charge is 2.59. The van der Waals surface area contributed by atoms with Crippen LogP contribution in [0.25, 0.3) is 0 Å². The van der Waals surface area contributed by atoms with E-state index in [0.29, 0.717) is 0 Å². The van der Waals surface area contributed by atoms with E-state index in [1.807, 2.05) is 0 Å². The van der Waals surface area contributed by atoms with Crippen LogP contribution in [0, 0.1) is 0 Å². The minimum atomic E-state index is -2.38. The van der Waals surface area contributed by atoms with Crippen molar-refractivity contribution >= 4 is 11.8 Å². The van der Waals surface area contributed by atoms with Crippen molar-refractivity contribution in [3.05, 3.63) is 0 Å². The molecule has 36 nitrogen and oxygen atoms in total. The van der Waals surface area contributed by atoms with Crippen LogP contribution in [0.3, 0.4) is 0 Å². The summed E-state index contributed by atoms with van der Waals surface area (Å²) in [7, 11) is 0. The molecule has 36 heteroatoms. The molecule has 0 bridgehead atoms. The summed E-state index contributed by atoms with van der Waals surface area (Å²) in [6, 6.07) is -3.78. The number of carbonyl (C=O) groups excluding carboxylic acids is 2. The van der Waals surface area contributed by atoms with Gasteiger partial charge in [-0.1, -0.05) is 0 Å². The lowest BCUT2D eigenvalue weighted by Crippen LogP contribution is -2.72. The van der Waals surface area contributed by atoms with E-state index in [-0.39, 0.29) is 0 Å². The van der Waals surface area contributed by atoms with Crippen molar-refractivity contribution in [1.29, 1.82) is 0 Å². The minimum absolute atomic E-state index is 0.921. The average Bonchev–Trinajstić information content (AvgIpc) is 2.35. The number of nitrogens with one attached hydrogen (secondary N) is 2. The van der Waals surface area contributed by atoms with E-state index in [9.17, 15) is 112 Å². The molecular formula is C46H80N2O34. The molecule has 6 fully saturated rings. The zero-order valence-electron chi connectivity index (χ0n) is 44.5. The quantitative estimate of drug-likeness (QED) is 0.0452. The van der Waals surface area contributed by atoms with Gasteiger partial charge in [-0.25, -0.2) is 0 Å². The predicted molar refractivity (Wildman–Crippen MR) is 254 cm³/mol. The first-order chi connectivity index (χ1) is 38.7. The summed E-state index contributed by atoms with van der Waals surface area (Å²) < 4.78 is 71.5. The molecule has 0 radical (unpaired) electrons. The molecule has 0 aromatic carbocycles. The van der Waals surface area contributed by atoms with Crippen LogP contribution in [0.4, 0.5) is 0 Å². The molecular weight excluding hydrogens is 1120 g/mol. The van der Waals surface area contributed by atoms with E-state index in [1.54, 1.807) is 0 Å². The van der Waals surface area contributed by atoms with Gasteiger partial charge in [-0.3, -0.25) is 9.59 Å². The fraction of sp³-hybridized carbons (Fsp3) is 0.957. The van der Waals surface area contributed by atoms with Gasteiger partial charge in [0, 0.05) is 13.8 Å². The Bertz CT molecular complexity index is 1980. The van der Waals surface area contributed by atoms with E-state index >= 15 is 0 Å².